The zero-order valence-corrected chi connectivity index (χ0v) is 9.90. The molecule has 0 N–H and O–H groups in total. The minimum atomic E-state index is 0. The van der Waals surface area contributed by atoms with Crippen LogP contribution < -0.4 is 0 Å². The summed E-state index contributed by atoms with van der Waals surface area (Å²) in [6.45, 7) is 8.52. The Kier molecular flexibility index (Phi) is 3.62. The Labute approximate surface area is 92.7 Å². The molecule has 1 spiro atoms. The van der Waals surface area contributed by atoms with E-state index in [1.165, 1.54) is 31.5 Å². The molecular formula is C11H20ClNO. The van der Waals surface area contributed by atoms with Gasteiger partial charge in [0.1, 0.15) is 0 Å². The van der Waals surface area contributed by atoms with Crippen LogP contribution in [0.1, 0.15) is 26.2 Å². The Balaban J connectivity index is 0.000000980. The van der Waals surface area contributed by atoms with Crippen LogP contribution in [0.25, 0.3) is 0 Å². The van der Waals surface area contributed by atoms with Gasteiger partial charge < -0.3 is 9.64 Å². The molecule has 0 aromatic heterocycles. The molecule has 0 aromatic rings. The van der Waals surface area contributed by atoms with E-state index in [9.17, 15) is 0 Å². The molecule has 82 valence electrons. The first-order valence-corrected chi connectivity index (χ1v) is 5.15. The monoisotopic (exact) mass is 217 g/mol. The molecular weight excluding hydrogens is 198 g/mol. The van der Waals surface area contributed by atoms with Crippen molar-refractivity contribution in [2.75, 3.05) is 20.1 Å². The van der Waals surface area contributed by atoms with Crippen LogP contribution in [0, 0.1) is 0 Å². The van der Waals surface area contributed by atoms with Crippen molar-refractivity contribution in [3.8, 4) is 0 Å². The van der Waals surface area contributed by atoms with Crippen LogP contribution in [0.4, 0.5) is 0 Å². The smallest absolute Gasteiger partial charge is 0.0763 e. The van der Waals surface area contributed by atoms with Gasteiger partial charge in [-0.25, -0.2) is 0 Å². The molecule has 0 radical (unpaired) electrons. The highest BCUT2D eigenvalue weighted by atomic mass is 35.5. The SMILES string of the molecule is C=C1CC2(CCN(C)CC2)OC1C.Cl. The van der Waals surface area contributed by atoms with E-state index in [0.717, 1.165) is 6.42 Å². The van der Waals surface area contributed by atoms with Crippen molar-refractivity contribution in [2.24, 2.45) is 0 Å². The van der Waals surface area contributed by atoms with Gasteiger partial charge in [-0.05, 0) is 38.8 Å². The van der Waals surface area contributed by atoms with Crippen molar-refractivity contribution in [1.82, 2.24) is 4.90 Å². The number of hydrogen-bond acceptors (Lipinski definition) is 2. The van der Waals surface area contributed by atoms with E-state index in [-0.39, 0.29) is 24.1 Å². The van der Waals surface area contributed by atoms with E-state index in [4.69, 9.17) is 4.74 Å². The van der Waals surface area contributed by atoms with Crippen LogP contribution in [0.15, 0.2) is 12.2 Å². The lowest BCUT2D eigenvalue weighted by Gasteiger charge is -2.37. The zero-order valence-electron chi connectivity index (χ0n) is 9.08. The standard InChI is InChI=1S/C11H19NO.ClH/c1-9-8-11(13-10(9)2)4-6-12(3)7-5-11;/h10H,1,4-8H2,2-3H3;1H. The molecule has 2 fully saturated rings. The molecule has 2 aliphatic rings. The Morgan fingerprint density at radius 1 is 1.43 bits per heavy atom. The molecule has 0 bridgehead atoms. The van der Waals surface area contributed by atoms with Crippen LogP contribution in [0.2, 0.25) is 0 Å². The second-order valence-electron chi connectivity index (χ2n) is 4.58. The van der Waals surface area contributed by atoms with E-state index in [1.54, 1.807) is 0 Å². The summed E-state index contributed by atoms with van der Waals surface area (Å²) < 4.78 is 6.02. The van der Waals surface area contributed by atoms with Crippen molar-refractivity contribution in [3.63, 3.8) is 0 Å². The molecule has 14 heavy (non-hydrogen) atoms. The summed E-state index contributed by atoms with van der Waals surface area (Å²) in [6.07, 6.45) is 3.71. The van der Waals surface area contributed by atoms with Gasteiger partial charge in [0.2, 0.25) is 0 Å². The minimum Gasteiger partial charge on any atom is -0.367 e. The largest absolute Gasteiger partial charge is 0.367 e. The third-order valence-electron chi connectivity index (χ3n) is 3.45. The summed E-state index contributed by atoms with van der Waals surface area (Å²) in [7, 11) is 2.18. The normalized spacial score (nSPS) is 31.9. The molecule has 2 rings (SSSR count). The third kappa shape index (κ3) is 2.13. The van der Waals surface area contributed by atoms with Gasteiger partial charge in [-0.1, -0.05) is 6.58 Å². The summed E-state index contributed by atoms with van der Waals surface area (Å²) >= 11 is 0. The molecule has 0 amide bonds. The molecule has 0 saturated carbocycles. The summed E-state index contributed by atoms with van der Waals surface area (Å²) in [5.41, 5.74) is 1.44. The van der Waals surface area contributed by atoms with Crippen molar-refractivity contribution in [2.45, 2.75) is 37.9 Å². The average molecular weight is 218 g/mol. The molecule has 2 nitrogen and oxygen atoms in total. The van der Waals surface area contributed by atoms with Gasteiger partial charge in [0.25, 0.3) is 0 Å². The van der Waals surface area contributed by atoms with E-state index in [0.29, 0.717) is 0 Å². The third-order valence-corrected chi connectivity index (χ3v) is 3.45. The van der Waals surface area contributed by atoms with Crippen LogP contribution in [-0.2, 0) is 4.74 Å². The Morgan fingerprint density at radius 2 is 2.00 bits per heavy atom. The van der Waals surface area contributed by atoms with Crippen LogP contribution in [0.3, 0.4) is 0 Å². The van der Waals surface area contributed by atoms with Gasteiger partial charge in [0, 0.05) is 13.1 Å². The highest BCUT2D eigenvalue weighted by molar-refractivity contribution is 5.85. The van der Waals surface area contributed by atoms with Crippen LogP contribution in [0.5, 0.6) is 0 Å². The van der Waals surface area contributed by atoms with Crippen molar-refractivity contribution >= 4 is 12.4 Å². The minimum absolute atomic E-state index is 0. The lowest BCUT2D eigenvalue weighted by molar-refractivity contribution is -0.0667. The van der Waals surface area contributed by atoms with Crippen LogP contribution >= 0.6 is 12.4 Å². The fraction of sp³-hybridized carbons (Fsp3) is 0.818. The molecule has 2 saturated heterocycles. The predicted octanol–water partition coefficient (Wildman–Crippen LogP) is 2.24. The summed E-state index contributed by atoms with van der Waals surface area (Å²) in [5, 5.41) is 0. The number of halogens is 1. The van der Waals surface area contributed by atoms with Gasteiger partial charge in [-0.3, -0.25) is 0 Å². The maximum atomic E-state index is 6.02. The fourth-order valence-electron chi connectivity index (χ4n) is 2.38. The number of hydrogen-bond donors (Lipinski definition) is 0. The first kappa shape index (κ1) is 12.0. The second-order valence-corrected chi connectivity index (χ2v) is 4.58. The van der Waals surface area contributed by atoms with Gasteiger partial charge in [0.15, 0.2) is 0 Å². The Bertz CT molecular complexity index is 221. The van der Waals surface area contributed by atoms with E-state index in [2.05, 4.69) is 25.5 Å². The van der Waals surface area contributed by atoms with Gasteiger partial charge in [-0.15, -0.1) is 12.4 Å². The van der Waals surface area contributed by atoms with E-state index >= 15 is 0 Å². The summed E-state index contributed by atoms with van der Waals surface area (Å²) in [6, 6.07) is 0. The summed E-state index contributed by atoms with van der Waals surface area (Å²) in [4.78, 5) is 2.38. The van der Waals surface area contributed by atoms with Gasteiger partial charge >= 0.3 is 0 Å². The molecule has 2 heterocycles. The van der Waals surface area contributed by atoms with Crippen molar-refractivity contribution in [3.05, 3.63) is 12.2 Å². The number of piperidine rings is 1. The van der Waals surface area contributed by atoms with Gasteiger partial charge in [0.05, 0.1) is 11.7 Å². The first-order chi connectivity index (χ1) is 6.11. The lowest BCUT2D eigenvalue weighted by atomic mass is 9.87. The highest BCUT2D eigenvalue weighted by Gasteiger charge is 2.42. The average Bonchev–Trinajstić information content (AvgIpc) is 2.36. The highest BCUT2D eigenvalue weighted by Crippen LogP contribution is 2.40. The van der Waals surface area contributed by atoms with Gasteiger partial charge in [-0.2, -0.15) is 0 Å². The maximum absolute atomic E-state index is 6.02. The lowest BCUT2D eigenvalue weighted by Crippen LogP contribution is -2.42. The maximum Gasteiger partial charge on any atom is 0.0763 e. The van der Waals surface area contributed by atoms with E-state index < -0.39 is 0 Å². The first-order valence-electron chi connectivity index (χ1n) is 5.15. The number of likely N-dealkylation sites (tertiary alicyclic amines) is 1. The molecule has 1 unspecified atom stereocenters. The van der Waals surface area contributed by atoms with E-state index in [1.807, 2.05) is 0 Å². The Hall–Kier alpha value is -0.0500. The molecule has 2 aliphatic heterocycles. The zero-order chi connectivity index (χ0) is 9.47. The molecule has 0 aliphatic carbocycles. The van der Waals surface area contributed by atoms with Crippen molar-refractivity contribution < 1.29 is 4.74 Å². The number of rotatable bonds is 0. The summed E-state index contributed by atoms with van der Waals surface area (Å²) in [5.74, 6) is 0. The van der Waals surface area contributed by atoms with Crippen LogP contribution in [-0.4, -0.2) is 36.7 Å². The quantitative estimate of drug-likeness (QED) is 0.577. The van der Waals surface area contributed by atoms with Crippen molar-refractivity contribution in [1.29, 1.82) is 0 Å². The fourth-order valence-corrected chi connectivity index (χ4v) is 2.38. The predicted molar refractivity (Wildman–Crippen MR) is 61.0 cm³/mol. The molecule has 0 aromatic carbocycles. The molecule has 1 atom stereocenters. The number of ether oxygens (including phenoxy) is 1. The topological polar surface area (TPSA) is 12.5 Å². The second kappa shape index (κ2) is 4.21. The number of nitrogens with zero attached hydrogens (tertiary/aromatic N) is 1. The Morgan fingerprint density at radius 3 is 2.43 bits per heavy atom. The molecule has 3 heteroatoms.